The van der Waals surface area contributed by atoms with Crippen molar-refractivity contribution in [3.05, 3.63) is 0 Å². The molecular formula is C8H17NO3S. The number of hydrogen-bond acceptors (Lipinski definition) is 3. The van der Waals surface area contributed by atoms with E-state index in [1.807, 2.05) is 0 Å². The molecule has 0 aliphatic heterocycles. The summed E-state index contributed by atoms with van der Waals surface area (Å²) in [7, 11) is -3.17. The Labute approximate surface area is 79.4 Å². The van der Waals surface area contributed by atoms with Crippen LogP contribution in [0.25, 0.3) is 0 Å². The normalized spacial score (nSPS) is 22.9. The molecule has 0 bridgehead atoms. The second-order valence-electron chi connectivity index (χ2n) is 3.88. The van der Waals surface area contributed by atoms with Gasteiger partial charge in [-0.05, 0) is 12.8 Å². The molecule has 0 aromatic carbocycles. The Bertz CT molecular complexity index is 255. The predicted octanol–water partition coefficient (Wildman–Crippen LogP) is 0.231. The van der Waals surface area contributed by atoms with Crippen LogP contribution in [0.3, 0.4) is 0 Å². The van der Waals surface area contributed by atoms with E-state index in [0.29, 0.717) is 12.8 Å². The third-order valence-electron chi connectivity index (χ3n) is 2.45. The highest BCUT2D eigenvalue weighted by atomic mass is 32.2. The maximum Gasteiger partial charge on any atom is 0.208 e. The van der Waals surface area contributed by atoms with Gasteiger partial charge in [-0.2, -0.15) is 0 Å². The van der Waals surface area contributed by atoms with Crippen LogP contribution in [0, 0.1) is 0 Å². The third-order valence-corrected chi connectivity index (χ3v) is 3.12. The van der Waals surface area contributed by atoms with Crippen LogP contribution in [0.4, 0.5) is 0 Å². The molecule has 0 radical (unpaired) electrons. The zero-order chi connectivity index (χ0) is 9.95. The fourth-order valence-corrected chi connectivity index (χ4v) is 2.18. The molecule has 1 fully saturated rings. The Morgan fingerprint density at radius 1 is 1.31 bits per heavy atom. The first-order valence-electron chi connectivity index (χ1n) is 4.58. The van der Waals surface area contributed by atoms with Gasteiger partial charge in [-0.1, -0.05) is 19.3 Å². The van der Waals surface area contributed by atoms with Gasteiger partial charge in [0.05, 0.1) is 11.9 Å². The van der Waals surface area contributed by atoms with Gasteiger partial charge in [-0.25, -0.2) is 13.1 Å². The molecule has 0 aromatic heterocycles. The van der Waals surface area contributed by atoms with E-state index in [0.717, 1.165) is 25.5 Å². The Hall–Kier alpha value is -0.130. The number of rotatable bonds is 3. The van der Waals surface area contributed by atoms with Crippen LogP contribution < -0.4 is 4.72 Å². The van der Waals surface area contributed by atoms with Gasteiger partial charge >= 0.3 is 0 Å². The summed E-state index contributed by atoms with van der Waals surface area (Å²) in [6, 6.07) is 0. The van der Waals surface area contributed by atoms with Crippen molar-refractivity contribution in [3.8, 4) is 0 Å². The largest absolute Gasteiger partial charge is 0.389 e. The monoisotopic (exact) mass is 207 g/mol. The van der Waals surface area contributed by atoms with Gasteiger partial charge < -0.3 is 5.11 Å². The molecule has 0 heterocycles. The molecule has 1 saturated carbocycles. The lowest BCUT2D eigenvalue weighted by Gasteiger charge is -2.31. The Balaban J connectivity index is 2.42. The predicted molar refractivity (Wildman–Crippen MR) is 50.9 cm³/mol. The molecule has 0 saturated heterocycles. The van der Waals surface area contributed by atoms with Gasteiger partial charge in [-0.15, -0.1) is 0 Å². The van der Waals surface area contributed by atoms with Crippen molar-refractivity contribution in [2.75, 3.05) is 12.8 Å². The molecule has 0 amide bonds. The molecule has 0 aromatic rings. The maximum absolute atomic E-state index is 10.8. The highest BCUT2D eigenvalue weighted by Gasteiger charge is 2.29. The quantitative estimate of drug-likeness (QED) is 0.696. The standard InChI is InChI=1S/C8H17NO3S/c1-13(11,12)9-7-8(10)5-3-2-4-6-8/h9-10H,2-7H2,1H3. The first kappa shape index (κ1) is 10.9. The van der Waals surface area contributed by atoms with Crippen LogP contribution in [-0.4, -0.2) is 31.9 Å². The van der Waals surface area contributed by atoms with E-state index in [1.165, 1.54) is 0 Å². The SMILES string of the molecule is CS(=O)(=O)NCC1(O)CCCCC1. The van der Waals surface area contributed by atoms with Crippen LogP contribution in [0.1, 0.15) is 32.1 Å². The van der Waals surface area contributed by atoms with Gasteiger partial charge in [0.1, 0.15) is 0 Å². The number of aliphatic hydroxyl groups is 1. The van der Waals surface area contributed by atoms with Crippen molar-refractivity contribution >= 4 is 10.0 Å². The average molecular weight is 207 g/mol. The van der Waals surface area contributed by atoms with Gasteiger partial charge in [0.25, 0.3) is 0 Å². The molecule has 4 nitrogen and oxygen atoms in total. The number of nitrogens with one attached hydrogen (secondary N) is 1. The minimum Gasteiger partial charge on any atom is -0.389 e. The fourth-order valence-electron chi connectivity index (χ4n) is 1.65. The van der Waals surface area contributed by atoms with Gasteiger partial charge in [-0.3, -0.25) is 0 Å². The van der Waals surface area contributed by atoms with E-state index >= 15 is 0 Å². The van der Waals surface area contributed by atoms with Crippen molar-refractivity contribution in [2.45, 2.75) is 37.7 Å². The minimum atomic E-state index is -3.17. The molecule has 1 rings (SSSR count). The van der Waals surface area contributed by atoms with E-state index in [-0.39, 0.29) is 6.54 Å². The molecule has 0 atom stereocenters. The van der Waals surface area contributed by atoms with Crippen LogP contribution in [0.2, 0.25) is 0 Å². The summed E-state index contributed by atoms with van der Waals surface area (Å²) in [6.45, 7) is 0.159. The van der Waals surface area contributed by atoms with Crippen LogP contribution in [0.5, 0.6) is 0 Å². The van der Waals surface area contributed by atoms with E-state index < -0.39 is 15.6 Å². The van der Waals surface area contributed by atoms with E-state index in [4.69, 9.17) is 0 Å². The molecule has 13 heavy (non-hydrogen) atoms. The summed E-state index contributed by atoms with van der Waals surface area (Å²) in [5, 5.41) is 9.91. The molecule has 2 N–H and O–H groups in total. The third kappa shape index (κ3) is 4.06. The van der Waals surface area contributed by atoms with Gasteiger partial charge in [0.2, 0.25) is 10.0 Å². The second kappa shape index (κ2) is 3.94. The summed E-state index contributed by atoms with van der Waals surface area (Å²) < 4.78 is 23.9. The summed E-state index contributed by atoms with van der Waals surface area (Å²) in [5.74, 6) is 0. The van der Waals surface area contributed by atoms with Gasteiger partial charge in [0.15, 0.2) is 0 Å². The van der Waals surface area contributed by atoms with E-state index in [2.05, 4.69) is 4.72 Å². The first-order valence-corrected chi connectivity index (χ1v) is 6.47. The molecule has 1 aliphatic rings. The lowest BCUT2D eigenvalue weighted by molar-refractivity contribution is 0.00949. The Morgan fingerprint density at radius 3 is 2.31 bits per heavy atom. The molecule has 0 spiro atoms. The van der Waals surface area contributed by atoms with Crippen molar-refractivity contribution in [2.24, 2.45) is 0 Å². The smallest absolute Gasteiger partial charge is 0.208 e. The van der Waals surface area contributed by atoms with E-state index in [1.54, 1.807) is 0 Å². The van der Waals surface area contributed by atoms with E-state index in [9.17, 15) is 13.5 Å². The summed E-state index contributed by atoms with van der Waals surface area (Å²) in [4.78, 5) is 0. The zero-order valence-electron chi connectivity index (χ0n) is 7.91. The van der Waals surface area contributed by atoms with Crippen molar-refractivity contribution in [1.29, 1.82) is 0 Å². The molecule has 5 heteroatoms. The lowest BCUT2D eigenvalue weighted by Crippen LogP contribution is -2.43. The van der Waals surface area contributed by atoms with Crippen molar-refractivity contribution in [1.82, 2.24) is 4.72 Å². The summed E-state index contributed by atoms with van der Waals surface area (Å²) in [5.41, 5.74) is -0.804. The van der Waals surface area contributed by atoms with Crippen LogP contribution in [0.15, 0.2) is 0 Å². The van der Waals surface area contributed by atoms with Crippen LogP contribution >= 0.6 is 0 Å². The van der Waals surface area contributed by atoms with Gasteiger partial charge in [0, 0.05) is 6.54 Å². The molecular weight excluding hydrogens is 190 g/mol. The highest BCUT2D eigenvalue weighted by Crippen LogP contribution is 2.27. The average Bonchev–Trinajstić information content (AvgIpc) is 2.02. The highest BCUT2D eigenvalue weighted by molar-refractivity contribution is 7.88. The fraction of sp³-hybridized carbons (Fsp3) is 1.00. The number of sulfonamides is 1. The topological polar surface area (TPSA) is 66.4 Å². The van der Waals surface area contributed by atoms with Crippen LogP contribution in [-0.2, 0) is 10.0 Å². The van der Waals surface area contributed by atoms with Crippen molar-refractivity contribution < 1.29 is 13.5 Å². The zero-order valence-corrected chi connectivity index (χ0v) is 8.73. The first-order chi connectivity index (χ1) is 5.91. The lowest BCUT2D eigenvalue weighted by atomic mass is 9.85. The summed E-state index contributed by atoms with van der Waals surface area (Å²) >= 11 is 0. The molecule has 78 valence electrons. The molecule has 0 unspecified atom stereocenters. The summed E-state index contributed by atoms with van der Waals surface area (Å²) in [6.07, 6.45) is 5.63. The molecule has 1 aliphatic carbocycles. The second-order valence-corrected chi connectivity index (χ2v) is 5.71. The van der Waals surface area contributed by atoms with Crippen molar-refractivity contribution in [3.63, 3.8) is 0 Å². The minimum absolute atomic E-state index is 0.159. The Morgan fingerprint density at radius 2 is 1.85 bits per heavy atom. The Kier molecular flexibility index (Phi) is 3.32. The number of hydrogen-bond donors (Lipinski definition) is 2. The maximum atomic E-state index is 10.8.